The molecule has 1 aromatic rings. The zero-order valence-electron chi connectivity index (χ0n) is 11.1. The minimum Gasteiger partial charge on any atom is -0.475 e. The maximum absolute atomic E-state index is 5.70. The molecule has 0 aliphatic carbocycles. The average Bonchev–Trinajstić information content (AvgIpc) is 2.77. The first-order chi connectivity index (χ1) is 8.45. The Morgan fingerprint density at radius 2 is 2.22 bits per heavy atom. The van der Waals surface area contributed by atoms with Crippen molar-refractivity contribution in [3.05, 3.63) is 16.5 Å². The molecule has 1 saturated heterocycles. The highest BCUT2D eigenvalue weighted by Crippen LogP contribution is 2.24. The summed E-state index contributed by atoms with van der Waals surface area (Å²) in [5.74, 6) is 1.39. The number of halogens is 1. The van der Waals surface area contributed by atoms with Crippen molar-refractivity contribution in [3.63, 3.8) is 0 Å². The minimum absolute atomic E-state index is 0.0915. The van der Waals surface area contributed by atoms with E-state index < -0.39 is 0 Å². The summed E-state index contributed by atoms with van der Waals surface area (Å²) in [5, 5.41) is 0. The average molecular weight is 315 g/mol. The third-order valence-corrected chi connectivity index (χ3v) is 3.19. The first-order valence-electron chi connectivity index (χ1n) is 6.24. The van der Waals surface area contributed by atoms with Crippen LogP contribution in [0, 0.1) is 0 Å². The number of nitrogens with zero attached hydrogens (tertiary/aromatic N) is 2. The molecule has 1 fully saturated rings. The highest BCUT2D eigenvalue weighted by atomic mass is 79.9. The predicted octanol–water partition coefficient (Wildman–Crippen LogP) is 3.09. The Hall–Kier alpha value is -0.680. The number of rotatable bonds is 3. The van der Waals surface area contributed by atoms with Gasteiger partial charge < -0.3 is 9.47 Å². The van der Waals surface area contributed by atoms with Gasteiger partial charge in [-0.3, -0.25) is 0 Å². The summed E-state index contributed by atoms with van der Waals surface area (Å²) in [6, 6.07) is 1.80. The number of hydrogen-bond acceptors (Lipinski definition) is 4. The first kappa shape index (κ1) is 13.7. The van der Waals surface area contributed by atoms with Gasteiger partial charge in [0.1, 0.15) is 17.0 Å². The lowest BCUT2D eigenvalue weighted by Gasteiger charge is -2.18. The second-order valence-electron chi connectivity index (χ2n) is 5.55. The van der Waals surface area contributed by atoms with Crippen LogP contribution in [0.5, 0.6) is 5.88 Å². The first-order valence-corrected chi connectivity index (χ1v) is 7.04. The van der Waals surface area contributed by atoms with Crippen molar-refractivity contribution in [2.45, 2.75) is 45.1 Å². The van der Waals surface area contributed by atoms with Crippen LogP contribution >= 0.6 is 15.9 Å². The van der Waals surface area contributed by atoms with E-state index in [2.05, 4.69) is 46.7 Å². The van der Waals surface area contributed by atoms with Crippen molar-refractivity contribution in [1.82, 2.24) is 9.97 Å². The van der Waals surface area contributed by atoms with Crippen molar-refractivity contribution in [2.24, 2.45) is 0 Å². The molecule has 0 aromatic carbocycles. The number of aromatic nitrogens is 2. The van der Waals surface area contributed by atoms with Crippen molar-refractivity contribution in [1.29, 1.82) is 0 Å². The molecule has 1 unspecified atom stereocenters. The van der Waals surface area contributed by atoms with Gasteiger partial charge in [-0.1, -0.05) is 20.8 Å². The van der Waals surface area contributed by atoms with Crippen LogP contribution in [0.15, 0.2) is 10.7 Å². The molecule has 1 aliphatic heterocycles. The molecule has 1 atom stereocenters. The lowest BCUT2D eigenvalue weighted by atomic mass is 9.96. The minimum atomic E-state index is -0.0915. The van der Waals surface area contributed by atoms with Crippen LogP contribution in [0.1, 0.15) is 39.4 Å². The van der Waals surface area contributed by atoms with E-state index in [1.54, 1.807) is 6.07 Å². The van der Waals surface area contributed by atoms with Crippen LogP contribution in [0.4, 0.5) is 0 Å². The smallest absolute Gasteiger partial charge is 0.217 e. The Bertz CT molecular complexity index is 412. The standard InChI is InChI=1S/C13H19BrN2O2/c1-13(2,3)12-15-10(14)7-11(16-12)18-8-9-5-4-6-17-9/h7,9H,4-6,8H2,1-3H3. The Morgan fingerprint density at radius 1 is 1.44 bits per heavy atom. The second-order valence-corrected chi connectivity index (χ2v) is 6.36. The fourth-order valence-corrected chi connectivity index (χ4v) is 2.12. The van der Waals surface area contributed by atoms with E-state index in [4.69, 9.17) is 9.47 Å². The summed E-state index contributed by atoms with van der Waals surface area (Å²) in [4.78, 5) is 8.83. The molecule has 0 saturated carbocycles. The zero-order chi connectivity index (χ0) is 13.2. The number of ether oxygens (including phenoxy) is 2. The van der Waals surface area contributed by atoms with E-state index in [1.807, 2.05) is 0 Å². The summed E-state index contributed by atoms with van der Waals surface area (Å²) in [6.45, 7) is 7.65. The fourth-order valence-electron chi connectivity index (χ4n) is 1.76. The summed E-state index contributed by atoms with van der Waals surface area (Å²) in [6.07, 6.45) is 2.39. The van der Waals surface area contributed by atoms with Gasteiger partial charge in [-0.2, -0.15) is 4.98 Å². The Labute approximate surface area is 116 Å². The molecule has 0 bridgehead atoms. The normalized spacial score (nSPS) is 20.1. The quantitative estimate of drug-likeness (QED) is 0.804. The highest BCUT2D eigenvalue weighted by Gasteiger charge is 2.20. The third kappa shape index (κ3) is 3.65. The van der Waals surface area contributed by atoms with E-state index in [1.165, 1.54) is 0 Å². The van der Waals surface area contributed by atoms with Crippen molar-refractivity contribution in [2.75, 3.05) is 13.2 Å². The Kier molecular flexibility index (Phi) is 4.22. The van der Waals surface area contributed by atoms with E-state index in [0.29, 0.717) is 12.5 Å². The monoisotopic (exact) mass is 314 g/mol. The third-order valence-electron chi connectivity index (χ3n) is 2.78. The van der Waals surface area contributed by atoms with Crippen LogP contribution < -0.4 is 4.74 Å². The molecular weight excluding hydrogens is 296 g/mol. The SMILES string of the molecule is CC(C)(C)c1nc(Br)cc(OCC2CCCO2)n1. The van der Waals surface area contributed by atoms with Crippen LogP contribution in [-0.2, 0) is 10.2 Å². The summed E-state index contributed by atoms with van der Waals surface area (Å²) in [7, 11) is 0. The van der Waals surface area contributed by atoms with Crippen LogP contribution in [0.25, 0.3) is 0 Å². The maximum atomic E-state index is 5.70. The molecule has 0 N–H and O–H groups in total. The van der Waals surface area contributed by atoms with Gasteiger partial charge in [0.25, 0.3) is 0 Å². The fraction of sp³-hybridized carbons (Fsp3) is 0.692. The van der Waals surface area contributed by atoms with Crippen molar-refractivity contribution in [3.8, 4) is 5.88 Å². The molecule has 2 heterocycles. The molecule has 18 heavy (non-hydrogen) atoms. The molecule has 1 aliphatic rings. The number of hydrogen-bond donors (Lipinski definition) is 0. The molecule has 5 heteroatoms. The van der Waals surface area contributed by atoms with Gasteiger partial charge >= 0.3 is 0 Å². The predicted molar refractivity (Wildman–Crippen MR) is 72.9 cm³/mol. The largest absolute Gasteiger partial charge is 0.475 e. The lowest BCUT2D eigenvalue weighted by molar-refractivity contribution is 0.0661. The van der Waals surface area contributed by atoms with Gasteiger partial charge in [0.15, 0.2) is 0 Å². The van der Waals surface area contributed by atoms with Crippen LogP contribution in [0.2, 0.25) is 0 Å². The molecule has 2 rings (SSSR count). The van der Waals surface area contributed by atoms with E-state index in [-0.39, 0.29) is 11.5 Å². The molecule has 0 radical (unpaired) electrons. The summed E-state index contributed by atoms with van der Waals surface area (Å²) < 4.78 is 12.0. The van der Waals surface area contributed by atoms with E-state index >= 15 is 0 Å². The van der Waals surface area contributed by atoms with Crippen molar-refractivity contribution >= 4 is 15.9 Å². The van der Waals surface area contributed by atoms with E-state index in [0.717, 1.165) is 29.9 Å². The summed E-state index contributed by atoms with van der Waals surface area (Å²) >= 11 is 3.40. The van der Waals surface area contributed by atoms with E-state index in [9.17, 15) is 0 Å². The van der Waals surface area contributed by atoms with Crippen LogP contribution in [0.3, 0.4) is 0 Å². The van der Waals surface area contributed by atoms with Gasteiger partial charge in [-0.15, -0.1) is 0 Å². The molecule has 4 nitrogen and oxygen atoms in total. The van der Waals surface area contributed by atoms with Gasteiger partial charge in [0.2, 0.25) is 5.88 Å². The molecule has 100 valence electrons. The van der Waals surface area contributed by atoms with Crippen molar-refractivity contribution < 1.29 is 9.47 Å². The van der Waals surface area contributed by atoms with Crippen LogP contribution in [-0.4, -0.2) is 29.3 Å². The molecule has 0 spiro atoms. The van der Waals surface area contributed by atoms with Gasteiger partial charge in [0.05, 0.1) is 6.10 Å². The second kappa shape index (κ2) is 5.53. The summed E-state index contributed by atoms with van der Waals surface area (Å²) in [5.41, 5.74) is -0.0915. The van der Waals surface area contributed by atoms with Gasteiger partial charge in [-0.05, 0) is 28.8 Å². The molecule has 0 amide bonds. The molecule has 1 aromatic heterocycles. The van der Waals surface area contributed by atoms with Gasteiger partial charge in [-0.25, -0.2) is 4.98 Å². The zero-order valence-corrected chi connectivity index (χ0v) is 12.7. The topological polar surface area (TPSA) is 44.2 Å². The maximum Gasteiger partial charge on any atom is 0.217 e. The Morgan fingerprint density at radius 3 is 2.83 bits per heavy atom. The lowest BCUT2D eigenvalue weighted by Crippen LogP contribution is -2.19. The highest BCUT2D eigenvalue weighted by molar-refractivity contribution is 9.10. The Balaban J connectivity index is 2.05. The van der Waals surface area contributed by atoms with Gasteiger partial charge in [0, 0.05) is 18.1 Å². The molecular formula is C13H19BrN2O2.